The van der Waals surface area contributed by atoms with Gasteiger partial charge in [-0.3, -0.25) is 0 Å². The lowest BCUT2D eigenvalue weighted by molar-refractivity contribution is 0.255. The van der Waals surface area contributed by atoms with E-state index in [2.05, 4.69) is 15.6 Å². The predicted octanol–water partition coefficient (Wildman–Crippen LogP) is 2.39. The van der Waals surface area contributed by atoms with Gasteiger partial charge in [-0.15, -0.1) is 0 Å². The van der Waals surface area contributed by atoms with E-state index in [1.165, 1.54) is 6.20 Å². The summed E-state index contributed by atoms with van der Waals surface area (Å²) in [5.41, 5.74) is 0.483. The summed E-state index contributed by atoms with van der Waals surface area (Å²) in [4.78, 5) is 15.0. The van der Waals surface area contributed by atoms with Gasteiger partial charge in [0.2, 0.25) is 0 Å². The molecule has 0 aliphatic carbocycles. The van der Waals surface area contributed by atoms with Crippen molar-refractivity contribution in [2.75, 3.05) is 5.32 Å². The van der Waals surface area contributed by atoms with Crippen molar-refractivity contribution in [1.82, 2.24) is 10.3 Å². The van der Waals surface area contributed by atoms with Crippen LogP contribution in [-0.2, 0) is 0 Å². The molecular formula is C9H10ClN3O. The molecule has 0 fully saturated rings. The summed E-state index contributed by atoms with van der Waals surface area (Å²) >= 11 is 5.73. The van der Waals surface area contributed by atoms with Crippen molar-refractivity contribution >= 4 is 23.3 Å². The molecule has 14 heavy (non-hydrogen) atoms. The van der Waals surface area contributed by atoms with Gasteiger partial charge in [0, 0.05) is 12.4 Å². The van der Waals surface area contributed by atoms with Crippen molar-refractivity contribution in [3.05, 3.63) is 35.8 Å². The summed E-state index contributed by atoms with van der Waals surface area (Å²) in [5, 5.41) is 5.31. The highest BCUT2D eigenvalue weighted by atomic mass is 35.5. The Morgan fingerprint density at radius 1 is 1.64 bits per heavy atom. The summed E-state index contributed by atoms with van der Waals surface area (Å²) in [6, 6.07) is 3.01. The molecule has 74 valence electrons. The maximum absolute atomic E-state index is 11.2. The van der Waals surface area contributed by atoms with E-state index in [1.54, 1.807) is 31.3 Å². The minimum Gasteiger partial charge on any atom is -0.315 e. The van der Waals surface area contributed by atoms with Crippen molar-refractivity contribution in [1.29, 1.82) is 0 Å². The summed E-state index contributed by atoms with van der Waals surface area (Å²) in [7, 11) is 0. The number of anilines is 1. The van der Waals surface area contributed by atoms with Crippen LogP contribution in [0.15, 0.2) is 30.6 Å². The fraction of sp³-hybridized carbons (Fsp3) is 0.111. The van der Waals surface area contributed by atoms with Crippen molar-refractivity contribution in [2.45, 2.75) is 6.92 Å². The highest BCUT2D eigenvalue weighted by Gasteiger charge is 2.02. The maximum atomic E-state index is 11.2. The Labute approximate surface area is 87.0 Å². The molecule has 0 unspecified atom stereocenters. The number of hydrogen-bond donors (Lipinski definition) is 2. The van der Waals surface area contributed by atoms with E-state index in [0.29, 0.717) is 5.69 Å². The van der Waals surface area contributed by atoms with Crippen LogP contribution in [-0.4, -0.2) is 11.0 Å². The van der Waals surface area contributed by atoms with Crippen LogP contribution in [0.2, 0.25) is 5.15 Å². The third kappa shape index (κ3) is 3.06. The van der Waals surface area contributed by atoms with E-state index in [4.69, 9.17) is 11.6 Å². The van der Waals surface area contributed by atoms with Crippen molar-refractivity contribution in [2.24, 2.45) is 0 Å². The third-order valence-corrected chi connectivity index (χ3v) is 1.69. The van der Waals surface area contributed by atoms with E-state index in [9.17, 15) is 4.79 Å². The molecule has 1 heterocycles. The van der Waals surface area contributed by atoms with Crippen molar-refractivity contribution in [3.8, 4) is 0 Å². The lowest BCUT2D eigenvalue weighted by atomic mass is 10.4. The molecule has 1 aromatic rings. The third-order valence-electron chi connectivity index (χ3n) is 1.39. The number of allylic oxidation sites excluding steroid dienone is 1. The summed E-state index contributed by atoms with van der Waals surface area (Å²) < 4.78 is 0. The van der Waals surface area contributed by atoms with Crippen LogP contribution < -0.4 is 10.6 Å². The van der Waals surface area contributed by atoms with Gasteiger partial charge in [-0.05, 0) is 19.1 Å². The standard InChI is InChI=1S/C9H10ClN3O/c1-2-5-12-9(14)13-7-4-3-6-11-8(7)10/h2-6H,1H3,(H2,12,13,14)/b5-2+. The fourth-order valence-electron chi connectivity index (χ4n) is 0.797. The molecule has 0 aliphatic rings. The van der Waals surface area contributed by atoms with E-state index >= 15 is 0 Å². The van der Waals surface area contributed by atoms with E-state index in [1.807, 2.05) is 0 Å². The van der Waals surface area contributed by atoms with Crippen molar-refractivity contribution < 1.29 is 4.79 Å². The number of aromatic nitrogens is 1. The molecule has 5 heteroatoms. The molecule has 0 radical (unpaired) electrons. The first-order valence-corrected chi connectivity index (χ1v) is 4.41. The Bertz CT molecular complexity index is 352. The SMILES string of the molecule is C/C=C/NC(=O)Nc1cccnc1Cl. The number of carbonyl (C=O) groups excluding carboxylic acids is 1. The molecule has 0 saturated carbocycles. The summed E-state index contributed by atoms with van der Waals surface area (Å²) in [5.74, 6) is 0. The first kappa shape index (κ1) is 10.5. The van der Waals surface area contributed by atoms with Crippen LogP contribution in [0.5, 0.6) is 0 Å². The number of amides is 2. The van der Waals surface area contributed by atoms with Crippen LogP contribution in [0.3, 0.4) is 0 Å². The van der Waals surface area contributed by atoms with Crippen LogP contribution in [0, 0.1) is 0 Å². The molecule has 0 bridgehead atoms. The number of hydrogen-bond acceptors (Lipinski definition) is 2. The zero-order valence-electron chi connectivity index (χ0n) is 7.62. The number of carbonyl (C=O) groups is 1. The second kappa shape index (κ2) is 5.24. The van der Waals surface area contributed by atoms with Crippen LogP contribution in [0.1, 0.15) is 6.92 Å². The molecule has 0 spiro atoms. The summed E-state index contributed by atoms with van der Waals surface area (Å²) in [6.07, 6.45) is 4.79. The van der Waals surface area contributed by atoms with Gasteiger partial charge in [-0.25, -0.2) is 9.78 Å². The van der Waals surface area contributed by atoms with Crippen LogP contribution >= 0.6 is 11.6 Å². The number of halogens is 1. The maximum Gasteiger partial charge on any atom is 0.323 e. The minimum atomic E-state index is -0.349. The lowest BCUT2D eigenvalue weighted by Crippen LogP contribution is -2.23. The molecular weight excluding hydrogens is 202 g/mol. The molecule has 4 nitrogen and oxygen atoms in total. The number of pyridine rings is 1. The van der Waals surface area contributed by atoms with Gasteiger partial charge in [-0.2, -0.15) is 0 Å². The van der Waals surface area contributed by atoms with E-state index < -0.39 is 0 Å². The molecule has 0 aliphatic heterocycles. The second-order valence-electron chi connectivity index (χ2n) is 2.44. The van der Waals surface area contributed by atoms with E-state index in [-0.39, 0.29) is 11.2 Å². The van der Waals surface area contributed by atoms with Crippen LogP contribution in [0.4, 0.5) is 10.5 Å². The molecule has 0 atom stereocenters. The Hall–Kier alpha value is -1.55. The monoisotopic (exact) mass is 211 g/mol. The first-order chi connectivity index (χ1) is 6.74. The quantitative estimate of drug-likeness (QED) is 0.738. The number of nitrogens with zero attached hydrogens (tertiary/aromatic N) is 1. The Morgan fingerprint density at radius 3 is 3.07 bits per heavy atom. The highest BCUT2D eigenvalue weighted by molar-refractivity contribution is 6.32. The molecule has 0 aromatic carbocycles. The molecule has 1 rings (SSSR count). The Kier molecular flexibility index (Phi) is 3.94. The van der Waals surface area contributed by atoms with Gasteiger partial charge in [-0.1, -0.05) is 17.7 Å². The van der Waals surface area contributed by atoms with Gasteiger partial charge in [0.25, 0.3) is 0 Å². The Balaban J connectivity index is 2.60. The predicted molar refractivity (Wildman–Crippen MR) is 56.2 cm³/mol. The number of nitrogens with one attached hydrogen (secondary N) is 2. The average Bonchev–Trinajstić information content (AvgIpc) is 2.18. The number of rotatable bonds is 2. The molecule has 2 N–H and O–H groups in total. The minimum absolute atomic E-state index is 0.267. The zero-order valence-corrected chi connectivity index (χ0v) is 8.38. The summed E-state index contributed by atoms with van der Waals surface area (Å²) in [6.45, 7) is 1.80. The van der Waals surface area contributed by atoms with Gasteiger partial charge < -0.3 is 10.6 Å². The van der Waals surface area contributed by atoms with Crippen LogP contribution in [0.25, 0.3) is 0 Å². The topological polar surface area (TPSA) is 54.0 Å². The zero-order chi connectivity index (χ0) is 10.4. The Morgan fingerprint density at radius 2 is 2.43 bits per heavy atom. The average molecular weight is 212 g/mol. The smallest absolute Gasteiger partial charge is 0.315 e. The molecule has 0 saturated heterocycles. The fourth-order valence-corrected chi connectivity index (χ4v) is 0.963. The van der Waals surface area contributed by atoms with Gasteiger partial charge in [0.1, 0.15) is 0 Å². The van der Waals surface area contributed by atoms with Gasteiger partial charge >= 0.3 is 6.03 Å². The largest absolute Gasteiger partial charge is 0.323 e. The van der Waals surface area contributed by atoms with Crippen molar-refractivity contribution in [3.63, 3.8) is 0 Å². The normalized spacial score (nSPS) is 10.1. The number of urea groups is 1. The second-order valence-corrected chi connectivity index (χ2v) is 2.80. The molecule has 1 aromatic heterocycles. The highest BCUT2D eigenvalue weighted by Crippen LogP contribution is 2.16. The van der Waals surface area contributed by atoms with E-state index in [0.717, 1.165) is 0 Å². The first-order valence-electron chi connectivity index (χ1n) is 4.03. The van der Waals surface area contributed by atoms with Gasteiger partial charge in [0.15, 0.2) is 5.15 Å². The molecule has 2 amide bonds. The lowest BCUT2D eigenvalue weighted by Gasteiger charge is -2.04. The van der Waals surface area contributed by atoms with Gasteiger partial charge in [0.05, 0.1) is 5.69 Å².